The van der Waals surface area contributed by atoms with Gasteiger partial charge >= 0.3 is 0 Å². The minimum Gasteiger partial charge on any atom is -0.370 e. The van der Waals surface area contributed by atoms with Crippen LogP contribution in [0.3, 0.4) is 0 Å². The van der Waals surface area contributed by atoms with Crippen LogP contribution in [0.5, 0.6) is 0 Å². The summed E-state index contributed by atoms with van der Waals surface area (Å²) in [5.74, 6) is 1.56. The van der Waals surface area contributed by atoms with Crippen LogP contribution in [0.4, 0.5) is 5.13 Å². The van der Waals surface area contributed by atoms with Crippen LogP contribution in [0.1, 0.15) is 45.4 Å². The third kappa shape index (κ3) is 2.60. The second kappa shape index (κ2) is 5.31. The number of aromatic nitrogens is 2. The van der Waals surface area contributed by atoms with E-state index >= 15 is 0 Å². The average molecular weight is 255 g/mol. The highest BCUT2D eigenvalue weighted by Crippen LogP contribution is 2.41. The molecule has 2 rings (SSSR count). The topological polar surface area (TPSA) is 47.0 Å². The van der Waals surface area contributed by atoms with Gasteiger partial charge in [-0.1, -0.05) is 13.3 Å². The molecule has 1 aliphatic carbocycles. The van der Waals surface area contributed by atoms with Gasteiger partial charge in [-0.05, 0) is 32.1 Å². The fourth-order valence-corrected chi connectivity index (χ4v) is 3.33. The molecule has 5 heteroatoms. The first-order valence-electron chi connectivity index (χ1n) is 6.33. The first-order chi connectivity index (χ1) is 8.20. The molecule has 1 aromatic rings. The van der Waals surface area contributed by atoms with Crippen molar-refractivity contribution in [3.63, 3.8) is 0 Å². The molecular formula is C12H21N3OS. The normalized spacial score (nSPS) is 29.2. The van der Waals surface area contributed by atoms with Gasteiger partial charge in [0, 0.05) is 25.2 Å². The molecule has 17 heavy (non-hydrogen) atoms. The van der Waals surface area contributed by atoms with Crippen LogP contribution in [-0.4, -0.2) is 23.0 Å². The van der Waals surface area contributed by atoms with Gasteiger partial charge in [-0.15, -0.1) is 0 Å². The van der Waals surface area contributed by atoms with Crippen molar-refractivity contribution in [3.05, 3.63) is 5.82 Å². The summed E-state index contributed by atoms with van der Waals surface area (Å²) < 4.78 is 10.3. The predicted molar refractivity (Wildman–Crippen MR) is 70.4 cm³/mol. The van der Waals surface area contributed by atoms with E-state index in [0.717, 1.165) is 30.3 Å². The molecule has 1 aromatic heterocycles. The van der Waals surface area contributed by atoms with Gasteiger partial charge in [-0.3, -0.25) is 0 Å². The zero-order chi connectivity index (χ0) is 12.3. The zero-order valence-corrected chi connectivity index (χ0v) is 11.6. The van der Waals surface area contributed by atoms with E-state index in [4.69, 9.17) is 4.74 Å². The second-order valence-electron chi connectivity index (χ2n) is 4.85. The summed E-state index contributed by atoms with van der Waals surface area (Å²) in [6, 6.07) is 0. The number of nitrogens with one attached hydrogen (secondary N) is 1. The fraction of sp³-hybridized carbons (Fsp3) is 0.833. The van der Waals surface area contributed by atoms with Gasteiger partial charge in [0.15, 0.2) is 5.82 Å². The standard InChI is InChI=1S/C12H21N3OS/c1-4-13-11-14-10(15-17-11)12(16-3)7-5-6-9(2)8-12/h9H,4-8H2,1-3H3,(H,13,14,15). The van der Waals surface area contributed by atoms with Crippen LogP contribution in [0.2, 0.25) is 0 Å². The Morgan fingerprint density at radius 1 is 1.59 bits per heavy atom. The van der Waals surface area contributed by atoms with Crippen molar-refractivity contribution in [1.82, 2.24) is 9.36 Å². The molecule has 1 saturated carbocycles. The van der Waals surface area contributed by atoms with Crippen molar-refractivity contribution in [3.8, 4) is 0 Å². The van der Waals surface area contributed by atoms with Crippen molar-refractivity contribution in [2.45, 2.75) is 45.1 Å². The van der Waals surface area contributed by atoms with E-state index < -0.39 is 0 Å². The molecule has 4 nitrogen and oxygen atoms in total. The van der Waals surface area contributed by atoms with Crippen LogP contribution < -0.4 is 5.32 Å². The van der Waals surface area contributed by atoms with Crippen molar-refractivity contribution >= 4 is 16.7 Å². The third-order valence-corrected chi connectivity index (χ3v) is 4.18. The van der Waals surface area contributed by atoms with Gasteiger partial charge in [0.1, 0.15) is 5.60 Å². The first-order valence-corrected chi connectivity index (χ1v) is 7.10. The molecule has 0 amide bonds. The van der Waals surface area contributed by atoms with Crippen LogP contribution in [0.15, 0.2) is 0 Å². The number of ether oxygens (including phenoxy) is 1. The predicted octanol–water partition coefficient (Wildman–Crippen LogP) is 3.02. The number of nitrogens with zero attached hydrogens (tertiary/aromatic N) is 2. The highest BCUT2D eigenvalue weighted by molar-refractivity contribution is 7.09. The highest BCUT2D eigenvalue weighted by atomic mass is 32.1. The summed E-state index contributed by atoms with van der Waals surface area (Å²) in [5.41, 5.74) is -0.248. The van der Waals surface area contributed by atoms with Gasteiger partial charge in [0.05, 0.1) is 0 Å². The van der Waals surface area contributed by atoms with Crippen LogP contribution in [-0.2, 0) is 10.3 Å². The molecule has 2 atom stereocenters. The molecule has 0 aliphatic heterocycles. The van der Waals surface area contributed by atoms with Crippen LogP contribution in [0.25, 0.3) is 0 Å². The SMILES string of the molecule is CCNc1nc(C2(OC)CCCC(C)C2)ns1. The van der Waals surface area contributed by atoms with Gasteiger partial charge < -0.3 is 10.1 Å². The summed E-state index contributed by atoms with van der Waals surface area (Å²) in [6.45, 7) is 5.23. The Balaban J connectivity index is 2.20. The molecule has 96 valence electrons. The van der Waals surface area contributed by atoms with Gasteiger partial charge in [-0.2, -0.15) is 4.37 Å². The average Bonchev–Trinajstić information content (AvgIpc) is 2.78. The Labute approximate surface area is 107 Å². The second-order valence-corrected chi connectivity index (χ2v) is 5.61. The van der Waals surface area contributed by atoms with Crippen molar-refractivity contribution in [1.29, 1.82) is 0 Å². The Hall–Kier alpha value is -0.680. The Bertz CT molecular complexity index is 368. The molecule has 1 aliphatic rings. The zero-order valence-electron chi connectivity index (χ0n) is 10.8. The third-order valence-electron chi connectivity index (χ3n) is 3.51. The quantitative estimate of drug-likeness (QED) is 0.898. The maximum atomic E-state index is 5.78. The molecule has 1 fully saturated rings. The molecule has 0 bridgehead atoms. The smallest absolute Gasteiger partial charge is 0.202 e. The number of anilines is 1. The lowest BCUT2D eigenvalue weighted by molar-refractivity contribution is -0.0637. The summed E-state index contributed by atoms with van der Waals surface area (Å²) in [4.78, 5) is 4.57. The lowest BCUT2D eigenvalue weighted by atomic mass is 9.78. The van der Waals surface area contributed by atoms with Crippen LogP contribution >= 0.6 is 11.5 Å². The van der Waals surface area contributed by atoms with E-state index in [2.05, 4.69) is 28.5 Å². The van der Waals surface area contributed by atoms with E-state index in [9.17, 15) is 0 Å². The molecule has 0 radical (unpaired) electrons. The van der Waals surface area contributed by atoms with Crippen molar-refractivity contribution in [2.24, 2.45) is 5.92 Å². The fourth-order valence-electron chi connectivity index (χ4n) is 2.61. The van der Waals surface area contributed by atoms with Gasteiger partial charge in [0.2, 0.25) is 5.13 Å². The van der Waals surface area contributed by atoms with E-state index in [0.29, 0.717) is 5.92 Å². The number of hydrogen-bond acceptors (Lipinski definition) is 5. The largest absolute Gasteiger partial charge is 0.370 e. The lowest BCUT2D eigenvalue weighted by Crippen LogP contribution is -2.35. The Morgan fingerprint density at radius 3 is 3.06 bits per heavy atom. The van der Waals surface area contributed by atoms with Crippen molar-refractivity contribution < 1.29 is 4.74 Å². The molecule has 0 aromatic carbocycles. The van der Waals surface area contributed by atoms with E-state index in [1.807, 2.05) is 0 Å². The Kier molecular flexibility index (Phi) is 3.99. The Morgan fingerprint density at radius 2 is 2.41 bits per heavy atom. The maximum absolute atomic E-state index is 5.78. The monoisotopic (exact) mass is 255 g/mol. The number of methoxy groups -OCH3 is 1. The van der Waals surface area contributed by atoms with Gasteiger partial charge in [-0.25, -0.2) is 4.98 Å². The van der Waals surface area contributed by atoms with E-state index in [-0.39, 0.29) is 5.60 Å². The molecule has 1 heterocycles. The molecule has 0 saturated heterocycles. The summed E-state index contributed by atoms with van der Waals surface area (Å²) in [7, 11) is 1.78. The van der Waals surface area contributed by atoms with Crippen molar-refractivity contribution in [2.75, 3.05) is 19.0 Å². The molecule has 1 N–H and O–H groups in total. The number of hydrogen-bond donors (Lipinski definition) is 1. The minimum absolute atomic E-state index is 0.248. The summed E-state index contributed by atoms with van der Waals surface area (Å²) in [5, 5.41) is 4.11. The van der Waals surface area contributed by atoms with Crippen LogP contribution in [0, 0.1) is 5.92 Å². The van der Waals surface area contributed by atoms with Gasteiger partial charge in [0.25, 0.3) is 0 Å². The van der Waals surface area contributed by atoms with E-state index in [1.165, 1.54) is 24.4 Å². The number of rotatable bonds is 4. The highest BCUT2D eigenvalue weighted by Gasteiger charge is 2.40. The summed E-state index contributed by atoms with van der Waals surface area (Å²) in [6.07, 6.45) is 4.56. The lowest BCUT2D eigenvalue weighted by Gasteiger charge is -2.36. The molecule has 2 unspecified atom stereocenters. The first kappa shape index (κ1) is 12.8. The molecular weight excluding hydrogens is 234 g/mol. The summed E-state index contributed by atoms with van der Waals surface area (Å²) >= 11 is 1.43. The van der Waals surface area contributed by atoms with E-state index in [1.54, 1.807) is 7.11 Å². The minimum atomic E-state index is -0.248. The maximum Gasteiger partial charge on any atom is 0.202 e. The molecule has 0 spiro atoms.